The molecule has 188 valence electrons. The first-order valence-electron chi connectivity index (χ1n) is 12.0. The molecule has 4 rings (SSSR count). The van der Waals surface area contributed by atoms with Crippen LogP contribution in [0.15, 0.2) is 71.8 Å². The molecule has 4 aromatic rings. The van der Waals surface area contributed by atoms with Crippen LogP contribution in [0.4, 0.5) is 5.13 Å². The normalized spacial score (nSPS) is 11.8. The third-order valence-corrected chi connectivity index (χ3v) is 8.69. The van der Waals surface area contributed by atoms with Gasteiger partial charge in [-0.3, -0.25) is 14.7 Å². The number of nitrogens with zero attached hydrogens (tertiary/aromatic N) is 4. The summed E-state index contributed by atoms with van der Waals surface area (Å²) in [5, 5.41) is 0.569. The fraction of sp³-hybridized carbons (Fsp3) is 0.296. The van der Waals surface area contributed by atoms with E-state index in [1.54, 1.807) is 23.2 Å². The molecular formula is C27H30N4O3S2. The Morgan fingerprint density at radius 2 is 1.69 bits per heavy atom. The molecule has 7 nitrogen and oxygen atoms in total. The molecule has 0 spiro atoms. The van der Waals surface area contributed by atoms with Crippen LogP contribution in [0.1, 0.15) is 48.3 Å². The van der Waals surface area contributed by atoms with Crippen LogP contribution in [-0.4, -0.2) is 41.7 Å². The average Bonchev–Trinajstić information content (AvgIpc) is 3.30. The molecule has 9 heteroatoms. The molecule has 0 atom stereocenters. The number of carbonyl (C=O) groups excluding carboxylic acids is 1. The monoisotopic (exact) mass is 522 g/mol. The molecule has 0 radical (unpaired) electrons. The van der Waals surface area contributed by atoms with Gasteiger partial charge in [-0.2, -0.15) is 4.31 Å². The lowest BCUT2D eigenvalue weighted by atomic mass is 10.2. The summed E-state index contributed by atoms with van der Waals surface area (Å²) >= 11 is 1.45. The summed E-state index contributed by atoms with van der Waals surface area (Å²) in [4.78, 5) is 24.6. The molecule has 2 aromatic carbocycles. The Labute approximate surface area is 216 Å². The number of benzene rings is 2. The third kappa shape index (κ3) is 5.64. The maximum atomic E-state index is 13.7. The van der Waals surface area contributed by atoms with Gasteiger partial charge in [0.15, 0.2) is 5.13 Å². The molecule has 0 bridgehead atoms. The summed E-state index contributed by atoms with van der Waals surface area (Å²) < 4.78 is 28.8. The number of aromatic nitrogens is 2. The fourth-order valence-corrected chi connectivity index (χ4v) is 6.63. The van der Waals surface area contributed by atoms with Crippen molar-refractivity contribution < 1.29 is 13.2 Å². The third-order valence-electron chi connectivity index (χ3n) is 5.74. The molecule has 0 saturated carbocycles. The number of hydrogen-bond acceptors (Lipinski definition) is 6. The lowest BCUT2D eigenvalue weighted by molar-refractivity contribution is 0.0984. The predicted octanol–water partition coefficient (Wildman–Crippen LogP) is 5.66. The van der Waals surface area contributed by atoms with E-state index in [-0.39, 0.29) is 17.3 Å². The standard InChI is InChI=1S/C27H30N4O3S2/c1-4-16-30(17-5-2)36(33,34)23-12-10-21(11-13-23)26(32)31(19-22-8-6-7-15-28-22)27-29-24-14-9-20(3)18-25(24)35-27/h6-15,18H,4-5,16-17,19H2,1-3H3. The van der Waals surface area contributed by atoms with Gasteiger partial charge in [-0.05, 0) is 73.9 Å². The lowest BCUT2D eigenvalue weighted by Crippen LogP contribution is -2.33. The number of carbonyl (C=O) groups is 1. The number of aryl methyl sites for hydroxylation is 1. The zero-order valence-electron chi connectivity index (χ0n) is 20.7. The second-order valence-electron chi connectivity index (χ2n) is 8.61. The van der Waals surface area contributed by atoms with Gasteiger partial charge in [0.1, 0.15) is 0 Å². The molecule has 0 aliphatic carbocycles. The number of fused-ring (bicyclic) bond motifs is 1. The van der Waals surface area contributed by atoms with Crippen LogP contribution < -0.4 is 4.90 Å². The first kappa shape index (κ1) is 25.9. The Morgan fingerprint density at radius 3 is 2.33 bits per heavy atom. The lowest BCUT2D eigenvalue weighted by Gasteiger charge is -2.22. The summed E-state index contributed by atoms with van der Waals surface area (Å²) in [5.41, 5.74) is 3.07. The van der Waals surface area contributed by atoms with Gasteiger partial charge in [0.2, 0.25) is 10.0 Å². The van der Waals surface area contributed by atoms with E-state index in [1.165, 1.54) is 27.8 Å². The van der Waals surface area contributed by atoms with Crippen molar-refractivity contribution in [1.29, 1.82) is 0 Å². The van der Waals surface area contributed by atoms with Crippen molar-refractivity contribution >= 4 is 42.6 Å². The molecule has 36 heavy (non-hydrogen) atoms. The summed E-state index contributed by atoms with van der Waals surface area (Å²) in [6.07, 6.45) is 3.16. The van der Waals surface area contributed by atoms with Gasteiger partial charge in [-0.1, -0.05) is 37.3 Å². The van der Waals surface area contributed by atoms with E-state index >= 15 is 0 Å². The van der Waals surface area contributed by atoms with Crippen LogP contribution in [0.2, 0.25) is 0 Å². The highest BCUT2D eigenvalue weighted by Crippen LogP contribution is 2.31. The molecule has 0 saturated heterocycles. The van der Waals surface area contributed by atoms with Gasteiger partial charge in [0.25, 0.3) is 5.91 Å². The summed E-state index contributed by atoms with van der Waals surface area (Å²) in [6, 6.07) is 17.8. The quantitative estimate of drug-likeness (QED) is 0.268. The predicted molar refractivity (Wildman–Crippen MR) is 145 cm³/mol. The van der Waals surface area contributed by atoms with Gasteiger partial charge in [-0.15, -0.1) is 0 Å². The molecule has 2 heterocycles. The molecular weight excluding hydrogens is 492 g/mol. The zero-order chi connectivity index (χ0) is 25.7. The van der Waals surface area contributed by atoms with Gasteiger partial charge in [0.05, 0.1) is 27.4 Å². The maximum absolute atomic E-state index is 13.7. The average molecular weight is 523 g/mol. The van der Waals surface area contributed by atoms with E-state index in [1.807, 2.05) is 51.1 Å². The number of sulfonamides is 1. The highest BCUT2D eigenvalue weighted by Gasteiger charge is 2.25. The number of thiazole rings is 1. The number of anilines is 1. The number of amides is 1. The highest BCUT2D eigenvalue weighted by atomic mass is 32.2. The van der Waals surface area contributed by atoms with Crippen LogP contribution in [0.25, 0.3) is 10.2 Å². The van der Waals surface area contributed by atoms with Crippen molar-refractivity contribution in [1.82, 2.24) is 14.3 Å². The Morgan fingerprint density at radius 1 is 0.972 bits per heavy atom. The van der Waals surface area contributed by atoms with Crippen LogP contribution >= 0.6 is 11.3 Å². The van der Waals surface area contributed by atoms with E-state index in [4.69, 9.17) is 4.98 Å². The second-order valence-corrected chi connectivity index (χ2v) is 11.6. The van der Waals surface area contributed by atoms with E-state index in [0.29, 0.717) is 23.8 Å². The number of pyridine rings is 1. The van der Waals surface area contributed by atoms with Crippen molar-refractivity contribution in [3.05, 3.63) is 83.7 Å². The maximum Gasteiger partial charge on any atom is 0.260 e. The van der Waals surface area contributed by atoms with E-state index < -0.39 is 10.0 Å². The zero-order valence-corrected chi connectivity index (χ0v) is 22.3. The van der Waals surface area contributed by atoms with Gasteiger partial charge in [-0.25, -0.2) is 13.4 Å². The molecule has 1 amide bonds. The minimum absolute atomic E-state index is 0.188. The minimum atomic E-state index is -3.62. The van der Waals surface area contributed by atoms with Crippen LogP contribution in [0.5, 0.6) is 0 Å². The Hall–Kier alpha value is -3.14. The van der Waals surface area contributed by atoms with Crippen molar-refractivity contribution in [2.75, 3.05) is 18.0 Å². The smallest absolute Gasteiger partial charge is 0.260 e. The Bertz CT molecular complexity index is 1430. The molecule has 0 fully saturated rings. The van der Waals surface area contributed by atoms with E-state index in [9.17, 15) is 13.2 Å². The van der Waals surface area contributed by atoms with Gasteiger partial charge in [0, 0.05) is 24.8 Å². The second kappa shape index (κ2) is 11.3. The highest BCUT2D eigenvalue weighted by molar-refractivity contribution is 7.89. The first-order chi connectivity index (χ1) is 17.3. The van der Waals surface area contributed by atoms with E-state index in [0.717, 1.165) is 34.3 Å². The molecule has 0 aliphatic heterocycles. The summed E-state index contributed by atoms with van der Waals surface area (Å²) in [6.45, 7) is 7.11. The van der Waals surface area contributed by atoms with Crippen molar-refractivity contribution in [3.8, 4) is 0 Å². The summed E-state index contributed by atoms with van der Waals surface area (Å²) in [7, 11) is -3.62. The Kier molecular flexibility index (Phi) is 8.13. The summed E-state index contributed by atoms with van der Waals surface area (Å²) in [5.74, 6) is -0.264. The van der Waals surface area contributed by atoms with Gasteiger partial charge >= 0.3 is 0 Å². The SMILES string of the molecule is CCCN(CCC)S(=O)(=O)c1ccc(C(=O)N(Cc2ccccn2)c2nc3ccc(C)cc3s2)cc1. The van der Waals surface area contributed by atoms with Crippen LogP contribution in [-0.2, 0) is 16.6 Å². The topological polar surface area (TPSA) is 83.5 Å². The molecule has 0 N–H and O–H groups in total. The first-order valence-corrected chi connectivity index (χ1v) is 14.3. The minimum Gasteiger partial charge on any atom is -0.278 e. The molecule has 0 unspecified atom stereocenters. The van der Waals surface area contributed by atoms with Crippen molar-refractivity contribution in [2.45, 2.75) is 45.1 Å². The number of rotatable bonds is 10. The van der Waals surface area contributed by atoms with Gasteiger partial charge < -0.3 is 0 Å². The number of hydrogen-bond donors (Lipinski definition) is 0. The van der Waals surface area contributed by atoms with Crippen LogP contribution in [0, 0.1) is 6.92 Å². The van der Waals surface area contributed by atoms with E-state index in [2.05, 4.69) is 11.1 Å². The van der Waals surface area contributed by atoms with Crippen molar-refractivity contribution in [3.63, 3.8) is 0 Å². The molecule has 2 aromatic heterocycles. The Balaban J connectivity index is 1.67. The largest absolute Gasteiger partial charge is 0.278 e. The van der Waals surface area contributed by atoms with Crippen LogP contribution in [0.3, 0.4) is 0 Å². The molecule has 0 aliphatic rings. The fourth-order valence-electron chi connectivity index (χ4n) is 3.94. The van der Waals surface area contributed by atoms with Crippen molar-refractivity contribution in [2.24, 2.45) is 0 Å².